The average molecular weight is 229 g/mol. The van der Waals surface area contributed by atoms with Crippen LogP contribution in [0.5, 0.6) is 0 Å². The van der Waals surface area contributed by atoms with Crippen molar-refractivity contribution in [2.24, 2.45) is 0 Å². The molecule has 0 aliphatic carbocycles. The van der Waals surface area contributed by atoms with Crippen molar-refractivity contribution in [2.45, 2.75) is 12.3 Å². The first-order chi connectivity index (χ1) is 7.13. The predicted molar refractivity (Wildman–Crippen MR) is 55.2 cm³/mol. The van der Waals surface area contributed by atoms with Crippen molar-refractivity contribution < 1.29 is 13.9 Å². The van der Waals surface area contributed by atoms with E-state index >= 15 is 0 Å². The molecule has 1 aromatic carbocycles. The van der Waals surface area contributed by atoms with Gasteiger partial charge in [0.15, 0.2) is 5.01 Å². The molecule has 0 aliphatic heterocycles. The molecule has 80 valence electrons. The first kappa shape index (κ1) is 10.4. The Kier molecular flexibility index (Phi) is 2.67. The number of aromatic nitrogens is 1. The van der Waals surface area contributed by atoms with E-state index in [9.17, 15) is 8.78 Å². The highest BCUT2D eigenvalue weighted by molar-refractivity contribution is 7.18. The predicted octanol–water partition coefficient (Wildman–Crippen LogP) is 2.77. The Morgan fingerprint density at radius 3 is 2.73 bits per heavy atom. The highest BCUT2D eigenvalue weighted by Gasteiger charge is 2.34. The third kappa shape index (κ3) is 1.98. The third-order valence-electron chi connectivity index (χ3n) is 2.03. The molecule has 0 radical (unpaired) electrons. The van der Waals surface area contributed by atoms with Crippen molar-refractivity contribution in [1.29, 1.82) is 0 Å². The van der Waals surface area contributed by atoms with Crippen molar-refractivity contribution in [1.82, 2.24) is 4.98 Å². The Morgan fingerprint density at radius 1 is 1.33 bits per heavy atom. The van der Waals surface area contributed by atoms with Crippen molar-refractivity contribution in [3.63, 3.8) is 0 Å². The fourth-order valence-corrected chi connectivity index (χ4v) is 2.24. The number of alkyl halides is 2. The quantitative estimate of drug-likeness (QED) is 0.877. The molecule has 0 saturated heterocycles. The second-order valence-electron chi connectivity index (χ2n) is 3.16. The maximum absolute atomic E-state index is 13.4. The molecule has 1 heterocycles. The van der Waals surface area contributed by atoms with E-state index in [-0.39, 0.29) is 5.01 Å². The second kappa shape index (κ2) is 3.83. The zero-order valence-electron chi connectivity index (χ0n) is 7.78. The van der Waals surface area contributed by atoms with Crippen molar-refractivity contribution in [2.75, 3.05) is 6.61 Å². The van der Waals surface area contributed by atoms with Gasteiger partial charge in [0.1, 0.15) is 0 Å². The van der Waals surface area contributed by atoms with E-state index in [1.54, 1.807) is 24.3 Å². The summed E-state index contributed by atoms with van der Waals surface area (Å²) in [7, 11) is 0. The number of halogens is 2. The summed E-state index contributed by atoms with van der Waals surface area (Å²) in [6.45, 7) is -0.539. The lowest BCUT2D eigenvalue weighted by Crippen LogP contribution is -2.14. The molecule has 0 aliphatic rings. The van der Waals surface area contributed by atoms with Gasteiger partial charge in [0.2, 0.25) is 0 Å². The minimum atomic E-state index is -3.03. The summed E-state index contributed by atoms with van der Waals surface area (Å²) in [6, 6.07) is 7.00. The molecule has 0 amide bonds. The largest absolute Gasteiger partial charge is 0.396 e. The van der Waals surface area contributed by atoms with E-state index in [1.165, 1.54) is 0 Å². The Morgan fingerprint density at radius 2 is 2.07 bits per heavy atom. The van der Waals surface area contributed by atoms with Gasteiger partial charge in [-0.15, -0.1) is 11.3 Å². The van der Waals surface area contributed by atoms with Crippen LogP contribution in [0.15, 0.2) is 24.3 Å². The summed E-state index contributed by atoms with van der Waals surface area (Å²) in [5.74, 6) is -3.03. The molecular weight excluding hydrogens is 220 g/mol. The molecule has 15 heavy (non-hydrogen) atoms. The number of hydrogen-bond donors (Lipinski definition) is 1. The third-order valence-corrected chi connectivity index (χ3v) is 3.18. The van der Waals surface area contributed by atoms with E-state index in [1.807, 2.05) is 0 Å². The Balaban J connectivity index is 2.44. The lowest BCUT2D eigenvalue weighted by molar-refractivity contribution is -0.0269. The van der Waals surface area contributed by atoms with Crippen LogP contribution >= 0.6 is 11.3 Å². The van der Waals surface area contributed by atoms with Crippen LogP contribution in [-0.2, 0) is 5.92 Å². The zero-order chi connectivity index (χ0) is 10.9. The number of aliphatic hydroxyl groups excluding tert-OH is 1. The van der Waals surface area contributed by atoms with Gasteiger partial charge < -0.3 is 5.11 Å². The molecule has 2 rings (SSSR count). The van der Waals surface area contributed by atoms with Crippen molar-refractivity contribution in [3.8, 4) is 0 Å². The molecule has 2 aromatic rings. The number of para-hydroxylation sites is 1. The molecule has 0 saturated carbocycles. The normalized spacial score (nSPS) is 12.2. The van der Waals surface area contributed by atoms with E-state index < -0.39 is 19.0 Å². The Bertz CT molecular complexity index is 436. The summed E-state index contributed by atoms with van der Waals surface area (Å²) in [6.07, 6.45) is -0.577. The summed E-state index contributed by atoms with van der Waals surface area (Å²) in [5, 5.41) is 8.31. The molecule has 0 spiro atoms. The highest BCUT2D eigenvalue weighted by atomic mass is 32.1. The van der Waals surface area contributed by atoms with Crippen LogP contribution < -0.4 is 0 Å². The van der Waals surface area contributed by atoms with Crippen LogP contribution in [0.3, 0.4) is 0 Å². The fraction of sp³-hybridized carbons (Fsp3) is 0.300. The van der Waals surface area contributed by atoms with Crippen LogP contribution in [0, 0.1) is 0 Å². The molecule has 0 unspecified atom stereocenters. The number of rotatable bonds is 3. The van der Waals surface area contributed by atoms with Gasteiger partial charge in [0.05, 0.1) is 10.2 Å². The second-order valence-corrected chi connectivity index (χ2v) is 4.20. The van der Waals surface area contributed by atoms with Crippen LogP contribution in [0.1, 0.15) is 11.4 Å². The van der Waals surface area contributed by atoms with Gasteiger partial charge in [-0.1, -0.05) is 12.1 Å². The lowest BCUT2D eigenvalue weighted by Gasteiger charge is -2.10. The standard InChI is InChI=1S/C10H9F2NOS/c11-10(12,5-6-14)9-13-7-3-1-2-4-8(7)15-9/h1-4,14H,5-6H2. The zero-order valence-corrected chi connectivity index (χ0v) is 8.60. The average Bonchev–Trinajstić information content (AvgIpc) is 2.61. The summed E-state index contributed by atoms with van der Waals surface area (Å²) in [5.41, 5.74) is 0.579. The van der Waals surface area contributed by atoms with Gasteiger partial charge in [0.25, 0.3) is 0 Å². The molecule has 0 atom stereocenters. The number of nitrogens with zero attached hydrogens (tertiary/aromatic N) is 1. The van der Waals surface area contributed by atoms with Gasteiger partial charge in [0, 0.05) is 13.0 Å². The first-order valence-electron chi connectivity index (χ1n) is 4.48. The Labute approximate surface area is 89.2 Å². The van der Waals surface area contributed by atoms with E-state index in [0.29, 0.717) is 5.52 Å². The molecule has 1 aromatic heterocycles. The van der Waals surface area contributed by atoms with Gasteiger partial charge in [-0.3, -0.25) is 0 Å². The first-order valence-corrected chi connectivity index (χ1v) is 5.30. The van der Waals surface area contributed by atoms with E-state index in [2.05, 4.69) is 4.98 Å². The number of aliphatic hydroxyl groups is 1. The molecule has 5 heteroatoms. The van der Waals surface area contributed by atoms with Crippen LogP contribution in [-0.4, -0.2) is 16.7 Å². The van der Waals surface area contributed by atoms with Crippen LogP contribution in [0.2, 0.25) is 0 Å². The smallest absolute Gasteiger partial charge is 0.301 e. The van der Waals surface area contributed by atoms with E-state index in [4.69, 9.17) is 5.11 Å². The molecule has 1 N–H and O–H groups in total. The van der Waals surface area contributed by atoms with Gasteiger partial charge in [-0.2, -0.15) is 8.78 Å². The van der Waals surface area contributed by atoms with Crippen LogP contribution in [0.4, 0.5) is 8.78 Å². The number of thiazole rings is 1. The van der Waals surface area contributed by atoms with Gasteiger partial charge in [-0.25, -0.2) is 4.98 Å². The topological polar surface area (TPSA) is 33.1 Å². The maximum Gasteiger partial charge on any atom is 0.301 e. The molecule has 2 nitrogen and oxygen atoms in total. The summed E-state index contributed by atoms with van der Waals surface area (Å²) in [4.78, 5) is 3.86. The van der Waals surface area contributed by atoms with Gasteiger partial charge >= 0.3 is 5.92 Å². The minimum absolute atomic E-state index is 0.224. The van der Waals surface area contributed by atoms with Crippen LogP contribution in [0.25, 0.3) is 10.2 Å². The van der Waals surface area contributed by atoms with E-state index in [0.717, 1.165) is 16.0 Å². The fourth-order valence-electron chi connectivity index (χ4n) is 1.28. The minimum Gasteiger partial charge on any atom is -0.396 e. The molecule has 0 fully saturated rings. The van der Waals surface area contributed by atoms with Crippen molar-refractivity contribution in [3.05, 3.63) is 29.3 Å². The number of hydrogen-bond acceptors (Lipinski definition) is 3. The monoisotopic (exact) mass is 229 g/mol. The van der Waals surface area contributed by atoms with Gasteiger partial charge in [-0.05, 0) is 12.1 Å². The number of benzene rings is 1. The summed E-state index contributed by atoms with van der Waals surface area (Å²) < 4.78 is 27.5. The number of fused-ring (bicyclic) bond motifs is 1. The SMILES string of the molecule is OCCC(F)(F)c1nc2ccccc2s1. The Hall–Kier alpha value is -1.07. The van der Waals surface area contributed by atoms with Crippen molar-refractivity contribution >= 4 is 21.6 Å². The maximum atomic E-state index is 13.4. The summed E-state index contributed by atoms with van der Waals surface area (Å²) >= 11 is 0.972. The highest BCUT2D eigenvalue weighted by Crippen LogP contribution is 2.36. The molecular formula is C10H9F2NOS. The molecule has 0 bridgehead atoms. The lowest BCUT2D eigenvalue weighted by atomic mass is 10.2.